The molecule has 1 saturated heterocycles. The fraction of sp³-hybridized carbons (Fsp3) is 0.435. The van der Waals surface area contributed by atoms with Crippen molar-refractivity contribution >= 4 is 33.0 Å². The van der Waals surface area contributed by atoms with Crippen LogP contribution >= 0.6 is 0 Å². The van der Waals surface area contributed by atoms with Crippen molar-refractivity contribution in [2.75, 3.05) is 30.0 Å². The van der Waals surface area contributed by atoms with Gasteiger partial charge in [-0.05, 0) is 51.8 Å². The van der Waals surface area contributed by atoms with Crippen LogP contribution in [-0.2, 0) is 14.6 Å². The normalized spacial score (nSPS) is 17.1. The Kier molecular flexibility index (Phi) is 6.15. The zero-order valence-corrected chi connectivity index (χ0v) is 20.6. The standard InChI is InChI=1S/C23H30N6O4S/c1-23(2,3)33-22(30)27-16-6-5-11-28(13-16)19-12-18(29-20(19)21(24)25-14-26-29)15-7-9-17(10-8-15)34(4,31)32/h7-10,12,14,16H,5-6,11,13H2,1-4H3,(H,27,30)(H2,24,25,26)/t16-/m0/s1. The molecule has 2 aromatic heterocycles. The number of piperidine rings is 1. The van der Waals surface area contributed by atoms with Crippen molar-refractivity contribution in [1.29, 1.82) is 0 Å². The summed E-state index contributed by atoms with van der Waals surface area (Å²) in [5, 5.41) is 7.37. The lowest BCUT2D eigenvalue weighted by molar-refractivity contribution is 0.0500. The molecular formula is C23H30N6O4S. The van der Waals surface area contributed by atoms with E-state index in [1.165, 1.54) is 12.6 Å². The first-order chi connectivity index (χ1) is 15.9. The molecule has 1 aliphatic heterocycles. The van der Waals surface area contributed by atoms with Gasteiger partial charge in [-0.3, -0.25) is 0 Å². The average molecular weight is 487 g/mol. The predicted octanol–water partition coefficient (Wildman–Crippen LogP) is 2.88. The van der Waals surface area contributed by atoms with Crippen LogP contribution in [0.2, 0.25) is 0 Å². The molecule has 0 radical (unpaired) electrons. The molecule has 3 heterocycles. The lowest BCUT2D eigenvalue weighted by Crippen LogP contribution is -2.49. The molecule has 0 bridgehead atoms. The second-order valence-electron chi connectivity index (χ2n) is 9.55. The maximum Gasteiger partial charge on any atom is 0.407 e. The number of fused-ring (bicyclic) bond motifs is 1. The van der Waals surface area contributed by atoms with Crippen LogP contribution in [0.15, 0.2) is 41.6 Å². The summed E-state index contributed by atoms with van der Waals surface area (Å²) in [4.78, 5) is 18.9. The lowest BCUT2D eigenvalue weighted by Gasteiger charge is -2.34. The summed E-state index contributed by atoms with van der Waals surface area (Å²) in [6.45, 7) is 6.87. The van der Waals surface area contributed by atoms with E-state index < -0.39 is 21.5 Å². The van der Waals surface area contributed by atoms with Crippen LogP contribution in [0.25, 0.3) is 16.8 Å². The highest BCUT2D eigenvalue weighted by atomic mass is 32.2. The number of hydrogen-bond donors (Lipinski definition) is 2. The number of benzene rings is 1. The van der Waals surface area contributed by atoms with E-state index in [-0.39, 0.29) is 10.9 Å². The van der Waals surface area contributed by atoms with Gasteiger partial charge < -0.3 is 20.7 Å². The van der Waals surface area contributed by atoms with Gasteiger partial charge in [0.15, 0.2) is 15.7 Å². The van der Waals surface area contributed by atoms with Gasteiger partial charge in [0.25, 0.3) is 0 Å². The zero-order chi connectivity index (χ0) is 24.7. The molecule has 1 atom stereocenters. The number of sulfone groups is 1. The molecule has 11 heteroatoms. The Morgan fingerprint density at radius 2 is 1.94 bits per heavy atom. The first-order valence-corrected chi connectivity index (χ1v) is 13.0. The third kappa shape index (κ3) is 5.09. The highest BCUT2D eigenvalue weighted by molar-refractivity contribution is 7.90. The average Bonchev–Trinajstić information content (AvgIpc) is 3.13. The van der Waals surface area contributed by atoms with E-state index in [4.69, 9.17) is 10.5 Å². The topological polar surface area (TPSA) is 132 Å². The Morgan fingerprint density at radius 1 is 1.24 bits per heavy atom. The van der Waals surface area contributed by atoms with Crippen LogP contribution in [-0.4, -0.2) is 60.1 Å². The summed E-state index contributed by atoms with van der Waals surface area (Å²) < 4.78 is 30.8. The van der Waals surface area contributed by atoms with Gasteiger partial charge in [-0.15, -0.1) is 0 Å². The molecule has 1 fully saturated rings. The van der Waals surface area contributed by atoms with Gasteiger partial charge in [-0.2, -0.15) is 5.10 Å². The van der Waals surface area contributed by atoms with Crippen molar-refractivity contribution in [2.24, 2.45) is 0 Å². The summed E-state index contributed by atoms with van der Waals surface area (Å²) in [5.74, 6) is 0.339. The summed E-state index contributed by atoms with van der Waals surface area (Å²) in [7, 11) is -3.30. The molecule has 3 N–H and O–H groups in total. The second kappa shape index (κ2) is 8.79. The van der Waals surface area contributed by atoms with E-state index in [1.54, 1.807) is 28.8 Å². The molecule has 1 amide bonds. The number of anilines is 2. The van der Waals surface area contributed by atoms with E-state index in [2.05, 4.69) is 20.3 Å². The van der Waals surface area contributed by atoms with Crippen LogP contribution in [0.4, 0.5) is 16.3 Å². The van der Waals surface area contributed by atoms with Crippen molar-refractivity contribution in [3.8, 4) is 11.3 Å². The minimum absolute atomic E-state index is 0.0816. The van der Waals surface area contributed by atoms with Gasteiger partial charge >= 0.3 is 6.09 Å². The monoisotopic (exact) mass is 486 g/mol. The Hall–Kier alpha value is -3.34. The van der Waals surface area contributed by atoms with Gasteiger partial charge in [-0.1, -0.05) is 12.1 Å². The number of rotatable bonds is 4. The number of nitrogens with one attached hydrogen (secondary N) is 1. The number of nitrogens with zero attached hydrogens (tertiary/aromatic N) is 4. The minimum atomic E-state index is -3.30. The van der Waals surface area contributed by atoms with Crippen molar-refractivity contribution < 1.29 is 17.9 Å². The molecule has 1 aliphatic rings. The Bertz CT molecular complexity index is 1310. The first-order valence-electron chi connectivity index (χ1n) is 11.1. The molecule has 0 spiro atoms. The molecular weight excluding hydrogens is 456 g/mol. The highest BCUT2D eigenvalue weighted by Gasteiger charge is 2.27. The minimum Gasteiger partial charge on any atom is -0.444 e. The molecule has 10 nitrogen and oxygen atoms in total. The number of ether oxygens (including phenoxy) is 1. The summed E-state index contributed by atoms with van der Waals surface area (Å²) >= 11 is 0. The fourth-order valence-electron chi connectivity index (χ4n) is 4.16. The molecule has 182 valence electrons. The zero-order valence-electron chi connectivity index (χ0n) is 19.8. The lowest BCUT2D eigenvalue weighted by atomic mass is 10.0. The third-order valence-electron chi connectivity index (χ3n) is 5.62. The van der Waals surface area contributed by atoms with E-state index >= 15 is 0 Å². The fourth-order valence-corrected chi connectivity index (χ4v) is 4.79. The molecule has 34 heavy (non-hydrogen) atoms. The summed E-state index contributed by atoms with van der Waals surface area (Å²) in [6, 6.07) is 8.56. The number of nitrogen functional groups attached to an aromatic ring is 1. The van der Waals surface area contributed by atoms with Gasteiger partial charge in [0.05, 0.1) is 16.3 Å². The first kappa shape index (κ1) is 23.8. The molecule has 3 aromatic rings. The van der Waals surface area contributed by atoms with Gasteiger partial charge in [0.2, 0.25) is 0 Å². The SMILES string of the molecule is CC(C)(C)OC(=O)N[C@H]1CCCN(c2cc(-c3ccc(S(C)(=O)=O)cc3)n3ncnc(N)c23)C1. The van der Waals surface area contributed by atoms with E-state index in [0.717, 1.165) is 36.3 Å². The van der Waals surface area contributed by atoms with Crippen molar-refractivity contribution in [1.82, 2.24) is 19.9 Å². The second-order valence-corrected chi connectivity index (χ2v) is 11.6. The molecule has 1 aromatic carbocycles. The number of amides is 1. The van der Waals surface area contributed by atoms with Crippen LogP contribution in [0.5, 0.6) is 0 Å². The highest BCUT2D eigenvalue weighted by Crippen LogP contribution is 2.35. The van der Waals surface area contributed by atoms with Gasteiger partial charge in [0.1, 0.15) is 17.4 Å². The Labute approximate surface area is 199 Å². The number of carbonyl (C=O) groups excluding carboxylic acids is 1. The predicted molar refractivity (Wildman–Crippen MR) is 131 cm³/mol. The van der Waals surface area contributed by atoms with Gasteiger partial charge in [-0.25, -0.2) is 22.7 Å². The van der Waals surface area contributed by atoms with Crippen molar-refractivity contribution in [3.63, 3.8) is 0 Å². The quantitative estimate of drug-likeness (QED) is 0.575. The van der Waals surface area contributed by atoms with E-state index in [0.29, 0.717) is 17.9 Å². The molecule has 0 unspecified atom stereocenters. The van der Waals surface area contributed by atoms with E-state index in [1.807, 2.05) is 26.8 Å². The van der Waals surface area contributed by atoms with Gasteiger partial charge in [0, 0.05) is 31.0 Å². The van der Waals surface area contributed by atoms with Crippen LogP contribution < -0.4 is 16.0 Å². The summed E-state index contributed by atoms with van der Waals surface area (Å²) in [5.41, 5.74) is 8.78. The Balaban J connectivity index is 1.66. The molecule has 0 aliphatic carbocycles. The largest absolute Gasteiger partial charge is 0.444 e. The van der Waals surface area contributed by atoms with Crippen molar-refractivity contribution in [3.05, 3.63) is 36.7 Å². The molecule has 0 saturated carbocycles. The maximum atomic E-state index is 12.3. The van der Waals surface area contributed by atoms with Crippen LogP contribution in [0, 0.1) is 0 Å². The summed E-state index contributed by atoms with van der Waals surface area (Å²) in [6.07, 6.45) is 3.86. The Morgan fingerprint density at radius 3 is 2.59 bits per heavy atom. The maximum absolute atomic E-state index is 12.3. The van der Waals surface area contributed by atoms with E-state index in [9.17, 15) is 13.2 Å². The number of hydrogen-bond acceptors (Lipinski definition) is 8. The van der Waals surface area contributed by atoms with Crippen LogP contribution in [0.3, 0.4) is 0 Å². The molecule has 4 rings (SSSR count). The number of carbonyl (C=O) groups is 1. The number of alkyl carbamates (subject to hydrolysis) is 1. The number of aromatic nitrogens is 3. The van der Waals surface area contributed by atoms with Crippen LogP contribution in [0.1, 0.15) is 33.6 Å². The third-order valence-corrected chi connectivity index (χ3v) is 6.75. The number of nitrogens with two attached hydrogens (primary N) is 1. The smallest absolute Gasteiger partial charge is 0.407 e. The van der Waals surface area contributed by atoms with Crippen molar-refractivity contribution in [2.45, 2.75) is 50.2 Å².